The van der Waals surface area contributed by atoms with Crippen molar-refractivity contribution in [3.63, 3.8) is 0 Å². The van der Waals surface area contributed by atoms with Gasteiger partial charge in [0.05, 0.1) is 20.8 Å². The molecule has 4 nitrogen and oxygen atoms in total. The van der Waals surface area contributed by atoms with E-state index in [0.29, 0.717) is 0 Å². The van der Waals surface area contributed by atoms with Gasteiger partial charge in [-0.05, 0) is 55.7 Å². The van der Waals surface area contributed by atoms with Gasteiger partial charge in [-0.3, -0.25) is 4.79 Å². The van der Waals surface area contributed by atoms with Crippen LogP contribution in [0, 0.1) is 0 Å². The van der Waals surface area contributed by atoms with Gasteiger partial charge >= 0.3 is 0 Å². The van der Waals surface area contributed by atoms with Gasteiger partial charge < -0.3 is 9.47 Å². The highest BCUT2D eigenvalue weighted by Crippen LogP contribution is 2.33. The number of carbonyl (C=O) groups is 1. The van der Waals surface area contributed by atoms with Crippen LogP contribution < -0.4 is 4.90 Å². The zero-order valence-corrected chi connectivity index (χ0v) is 16.6. The molecule has 5 heteroatoms. The second-order valence-corrected chi connectivity index (χ2v) is 8.11. The number of amides is 1. The number of hydrogen-bond donors (Lipinski definition) is 0. The molecular weight excluding hydrogens is 366 g/mol. The van der Waals surface area contributed by atoms with E-state index in [0.717, 1.165) is 58.2 Å². The third-order valence-corrected chi connectivity index (χ3v) is 6.43. The van der Waals surface area contributed by atoms with Gasteiger partial charge in [0.1, 0.15) is 0 Å². The molecule has 0 unspecified atom stereocenters. The molecule has 0 radical (unpaired) electrons. The molecule has 3 heterocycles. The second kappa shape index (κ2) is 6.91. The van der Waals surface area contributed by atoms with Crippen LogP contribution in [0.15, 0.2) is 60.7 Å². The SMILES string of the molecule is CCn1c(-c2ccc(C(=O)N3CCCc4ccccc43)s2)nc2ccccc21. The highest BCUT2D eigenvalue weighted by Gasteiger charge is 2.25. The summed E-state index contributed by atoms with van der Waals surface area (Å²) in [5.41, 5.74) is 4.43. The fraction of sp³-hybridized carbons (Fsp3) is 0.217. The predicted molar refractivity (Wildman–Crippen MR) is 115 cm³/mol. The van der Waals surface area contributed by atoms with Gasteiger partial charge in [-0.15, -0.1) is 11.3 Å². The smallest absolute Gasteiger partial charge is 0.268 e. The van der Waals surface area contributed by atoms with Gasteiger partial charge in [-0.1, -0.05) is 30.3 Å². The summed E-state index contributed by atoms with van der Waals surface area (Å²) >= 11 is 1.53. The quantitative estimate of drug-likeness (QED) is 0.473. The number of anilines is 1. The zero-order chi connectivity index (χ0) is 19.1. The summed E-state index contributed by atoms with van der Waals surface area (Å²) in [6.07, 6.45) is 2.04. The summed E-state index contributed by atoms with van der Waals surface area (Å²) in [4.78, 5) is 21.8. The molecule has 2 aromatic heterocycles. The minimum atomic E-state index is 0.0857. The number of para-hydroxylation sites is 3. The van der Waals surface area contributed by atoms with E-state index in [1.165, 1.54) is 16.9 Å². The first-order valence-electron chi connectivity index (χ1n) is 9.71. The van der Waals surface area contributed by atoms with Gasteiger partial charge in [0.15, 0.2) is 5.82 Å². The minimum Gasteiger partial charge on any atom is -0.324 e. The number of imidazole rings is 1. The number of benzene rings is 2. The standard InChI is InChI=1S/C23H21N3OS/c1-2-25-19-12-6-4-10-17(19)24-22(25)20-13-14-21(28-20)23(27)26-15-7-9-16-8-3-5-11-18(16)26/h3-6,8,10-14H,2,7,9,15H2,1H3. The molecule has 0 bridgehead atoms. The molecule has 0 aliphatic carbocycles. The van der Waals surface area contributed by atoms with Gasteiger partial charge in [0.2, 0.25) is 0 Å². The van der Waals surface area contributed by atoms with Crippen molar-refractivity contribution in [2.24, 2.45) is 0 Å². The molecule has 1 amide bonds. The van der Waals surface area contributed by atoms with Crippen molar-refractivity contribution in [2.45, 2.75) is 26.3 Å². The first-order chi connectivity index (χ1) is 13.8. The third-order valence-electron chi connectivity index (χ3n) is 5.36. The summed E-state index contributed by atoms with van der Waals surface area (Å²) in [6, 6.07) is 20.4. The van der Waals surface area contributed by atoms with E-state index in [-0.39, 0.29) is 5.91 Å². The summed E-state index contributed by atoms with van der Waals surface area (Å²) < 4.78 is 2.21. The van der Waals surface area contributed by atoms with Gasteiger partial charge in [0, 0.05) is 18.8 Å². The number of aromatic nitrogens is 2. The Labute approximate surface area is 168 Å². The fourth-order valence-corrected chi connectivity index (χ4v) is 4.99. The van der Waals surface area contributed by atoms with Gasteiger partial charge in [-0.2, -0.15) is 0 Å². The van der Waals surface area contributed by atoms with Gasteiger partial charge in [-0.25, -0.2) is 4.98 Å². The Balaban J connectivity index is 1.52. The zero-order valence-electron chi connectivity index (χ0n) is 15.8. The van der Waals surface area contributed by atoms with Crippen LogP contribution in [0.2, 0.25) is 0 Å². The van der Waals surface area contributed by atoms with E-state index in [4.69, 9.17) is 4.98 Å². The van der Waals surface area contributed by atoms with Crippen molar-refractivity contribution in [1.29, 1.82) is 0 Å². The molecule has 0 saturated heterocycles. The average molecular weight is 388 g/mol. The summed E-state index contributed by atoms with van der Waals surface area (Å²) in [5.74, 6) is 1.02. The van der Waals surface area contributed by atoms with E-state index in [2.05, 4.69) is 29.7 Å². The Morgan fingerprint density at radius 2 is 1.89 bits per heavy atom. The highest BCUT2D eigenvalue weighted by molar-refractivity contribution is 7.17. The van der Waals surface area contributed by atoms with E-state index >= 15 is 0 Å². The summed E-state index contributed by atoms with van der Waals surface area (Å²) in [7, 11) is 0. The van der Waals surface area contributed by atoms with E-state index in [9.17, 15) is 4.79 Å². The Hall–Kier alpha value is -2.92. The molecule has 0 atom stereocenters. The van der Waals surface area contributed by atoms with Crippen LogP contribution in [0.4, 0.5) is 5.69 Å². The van der Waals surface area contributed by atoms with Crippen molar-refractivity contribution in [1.82, 2.24) is 9.55 Å². The van der Waals surface area contributed by atoms with Crippen molar-refractivity contribution < 1.29 is 4.79 Å². The van der Waals surface area contributed by atoms with E-state index in [1.54, 1.807) is 0 Å². The number of aryl methyl sites for hydroxylation is 2. The van der Waals surface area contributed by atoms with Crippen LogP contribution in [-0.2, 0) is 13.0 Å². The lowest BCUT2D eigenvalue weighted by atomic mass is 10.0. The van der Waals surface area contributed by atoms with Gasteiger partial charge in [0.25, 0.3) is 5.91 Å². The fourth-order valence-electron chi connectivity index (χ4n) is 4.03. The summed E-state index contributed by atoms with van der Waals surface area (Å²) in [6.45, 7) is 3.75. The van der Waals surface area contributed by atoms with E-state index in [1.807, 2.05) is 47.4 Å². The maximum absolute atomic E-state index is 13.2. The number of carbonyl (C=O) groups excluding carboxylic acids is 1. The Bertz CT molecular complexity index is 1170. The maximum atomic E-state index is 13.2. The number of nitrogens with zero attached hydrogens (tertiary/aromatic N) is 3. The number of fused-ring (bicyclic) bond motifs is 2. The Morgan fingerprint density at radius 3 is 2.79 bits per heavy atom. The number of rotatable bonds is 3. The second-order valence-electron chi connectivity index (χ2n) is 7.02. The molecule has 2 aromatic carbocycles. The normalized spacial score (nSPS) is 13.7. The lowest BCUT2D eigenvalue weighted by molar-refractivity contribution is 0.0989. The molecule has 5 rings (SSSR count). The average Bonchev–Trinajstić information content (AvgIpc) is 3.37. The molecule has 4 aromatic rings. The Morgan fingerprint density at radius 1 is 1.07 bits per heavy atom. The van der Waals surface area contributed by atoms with Crippen LogP contribution in [0.3, 0.4) is 0 Å². The number of hydrogen-bond acceptors (Lipinski definition) is 3. The third kappa shape index (κ3) is 2.74. The van der Waals surface area contributed by atoms with Crippen molar-refractivity contribution >= 4 is 34.0 Å². The topological polar surface area (TPSA) is 38.1 Å². The van der Waals surface area contributed by atoms with Crippen molar-refractivity contribution in [2.75, 3.05) is 11.4 Å². The first-order valence-corrected chi connectivity index (χ1v) is 10.5. The summed E-state index contributed by atoms with van der Waals surface area (Å²) in [5, 5.41) is 0. The molecule has 0 saturated carbocycles. The highest BCUT2D eigenvalue weighted by atomic mass is 32.1. The molecule has 1 aliphatic rings. The van der Waals surface area contributed by atoms with Crippen LogP contribution in [-0.4, -0.2) is 22.0 Å². The van der Waals surface area contributed by atoms with Crippen molar-refractivity contribution in [3.8, 4) is 10.7 Å². The van der Waals surface area contributed by atoms with Crippen LogP contribution in [0.1, 0.15) is 28.6 Å². The maximum Gasteiger partial charge on any atom is 0.268 e. The Kier molecular flexibility index (Phi) is 4.24. The molecular formula is C23H21N3OS. The minimum absolute atomic E-state index is 0.0857. The molecule has 28 heavy (non-hydrogen) atoms. The van der Waals surface area contributed by atoms with Crippen LogP contribution in [0.5, 0.6) is 0 Å². The largest absolute Gasteiger partial charge is 0.324 e. The molecule has 0 spiro atoms. The predicted octanol–water partition coefficient (Wildman–Crippen LogP) is 5.38. The van der Waals surface area contributed by atoms with E-state index < -0.39 is 0 Å². The monoisotopic (exact) mass is 387 g/mol. The molecule has 0 N–H and O–H groups in total. The molecule has 140 valence electrons. The lowest BCUT2D eigenvalue weighted by Crippen LogP contribution is -2.34. The molecule has 0 fully saturated rings. The van der Waals surface area contributed by atoms with Crippen LogP contribution >= 0.6 is 11.3 Å². The number of thiophene rings is 1. The lowest BCUT2D eigenvalue weighted by Gasteiger charge is -2.29. The van der Waals surface area contributed by atoms with Crippen molar-refractivity contribution in [3.05, 3.63) is 71.1 Å². The van der Waals surface area contributed by atoms with Crippen LogP contribution in [0.25, 0.3) is 21.7 Å². The molecule has 1 aliphatic heterocycles. The first kappa shape index (κ1) is 17.2.